The third-order valence-electron chi connectivity index (χ3n) is 1.28. The Morgan fingerprint density at radius 1 is 1.33 bits per heavy atom. The number of thiol groups is 1. The minimum atomic E-state index is 0.334. The first-order valence-corrected chi connectivity index (χ1v) is 4.08. The average Bonchev–Trinajstić information content (AvgIpc) is 1.80. The number of hydrogen-bond donors (Lipinski definition) is 2. The van der Waals surface area contributed by atoms with Crippen molar-refractivity contribution in [2.75, 3.05) is 6.61 Å². The van der Waals surface area contributed by atoms with E-state index in [0.717, 1.165) is 12.8 Å². The highest BCUT2D eigenvalue weighted by Gasteiger charge is 1.92. The molecule has 0 radical (unpaired) electrons. The summed E-state index contributed by atoms with van der Waals surface area (Å²) in [6.07, 6.45) is 4.45. The van der Waals surface area contributed by atoms with E-state index in [9.17, 15) is 0 Å². The molecule has 1 nitrogen and oxygen atoms in total. The van der Waals surface area contributed by atoms with Gasteiger partial charge in [0.25, 0.3) is 0 Å². The Balaban J connectivity index is 2.75. The van der Waals surface area contributed by atoms with Gasteiger partial charge in [-0.2, -0.15) is 12.6 Å². The van der Waals surface area contributed by atoms with Gasteiger partial charge in [0, 0.05) is 6.61 Å². The highest BCUT2D eigenvalue weighted by Crippen LogP contribution is 2.06. The molecule has 0 spiro atoms. The lowest BCUT2D eigenvalue weighted by atomic mass is 10.2. The summed E-state index contributed by atoms with van der Waals surface area (Å²) in [6.45, 7) is 2.43. The van der Waals surface area contributed by atoms with Crippen molar-refractivity contribution in [1.29, 1.82) is 0 Å². The van der Waals surface area contributed by atoms with Gasteiger partial charge >= 0.3 is 0 Å². The fourth-order valence-corrected chi connectivity index (χ4v) is 0.911. The fraction of sp³-hybridized carbons (Fsp3) is 1.00. The summed E-state index contributed by atoms with van der Waals surface area (Å²) in [6, 6.07) is 0. The van der Waals surface area contributed by atoms with Crippen molar-refractivity contribution in [2.45, 2.75) is 37.9 Å². The molecule has 2 heteroatoms. The van der Waals surface area contributed by atoms with Gasteiger partial charge in [-0.3, -0.25) is 0 Å². The predicted octanol–water partition coefficient (Wildman–Crippen LogP) is 1.86. The minimum absolute atomic E-state index is 0.334. The molecule has 0 aliphatic heterocycles. The maximum Gasteiger partial charge on any atom is 0.0431 e. The summed E-state index contributed by atoms with van der Waals surface area (Å²) in [4.78, 5) is 0. The zero-order chi connectivity index (χ0) is 7.11. The van der Waals surface area contributed by atoms with Gasteiger partial charge in [0.05, 0.1) is 0 Å². The molecule has 0 amide bonds. The molecule has 1 N–H and O–H groups in total. The van der Waals surface area contributed by atoms with Crippen molar-refractivity contribution in [3.8, 4) is 0 Å². The second-order valence-electron chi connectivity index (χ2n) is 2.42. The lowest BCUT2D eigenvalue weighted by Gasteiger charge is -2.01. The van der Waals surface area contributed by atoms with Gasteiger partial charge in [-0.15, -0.1) is 0 Å². The Kier molecular flexibility index (Phi) is 6.65. The van der Waals surface area contributed by atoms with Gasteiger partial charge in [-0.1, -0.05) is 19.8 Å². The van der Waals surface area contributed by atoms with Crippen molar-refractivity contribution in [2.24, 2.45) is 0 Å². The van der Waals surface area contributed by atoms with E-state index in [1.165, 1.54) is 12.8 Å². The summed E-state index contributed by atoms with van der Waals surface area (Å²) in [5.74, 6) is 0. The average molecular weight is 148 g/mol. The zero-order valence-electron chi connectivity index (χ0n) is 6.01. The molecule has 9 heavy (non-hydrogen) atoms. The third-order valence-corrected chi connectivity index (χ3v) is 1.54. The summed E-state index contributed by atoms with van der Waals surface area (Å²) in [5, 5.41) is 8.93. The topological polar surface area (TPSA) is 20.2 Å². The van der Waals surface area contributed by atoms with Crippen molar-refractivity contribution < 1.29 is 5.11 Å². The standard InChI is InChI=1S/C7H16OS/c1-7(9)5-3-2-4-6-8/h7-9H,2-6H2,1H3. The van der Waals surface area contributed by atoms with Crippen LogP contribution in [-0.2, 0) is 0 Å². The summed E-state index contributed by atoms with van der Waals surface area (Å²) >= 11 is 4.24. The molecule has 0 aliphatic carbocycles. The van der Waals surface area contributed by atoms with Gasteiger partial charge in [-0.05, 0) is 18.1 Å². The van der Waals surface area contributed by atoms with Crippen molar-refractivity contribution >= 4 is 12.6 Å². The summed E-state index contributed by atoms with van der Waals surface area (Å²) in [5.41, 5.74) is 0. The molecule has 0 fully saturated rings. The Bertz CT molecular complexity index is 54.9. The van der Waals surface area contributed by atoms with E-state index in [1.54, 1.807) is 0 Å². The lowest BCUT2D eigenvalue weighted by Crippen LogP contribution is -1.91. The van der Waals surface area contributed by atoms with Gasteiger partial charge in [0.2, 0.25) is 0 Å². The maximum atomic E-state index is 8.41. The van der Waals surface area contributed by atoms with Crippen molar-refractivity contribution in [1.82, 2.24) is 0 Å². The quantitative estimate of drug-likeness (QED) is 0.450. The highest BCUT2D eigenvalue weighted by molar-refractivity contribution is 7.80. The Hall–Kier alpha value is 0.310. The molecule has 1 unspecified atom stereocenters. The van der Waals surface area contributed by atoms with Gasteiger partial charge in [0.1, 0.15) is 0 Å². The molecule has 1 atom stereocenters. The Labute approximate surface area is 62.9 Å². The van der Waals surface area contributed by atoms with Crippen LogP contribution < -0.4 is 0 Å². The highest BCUT2D eigenvalue weighted by atomic mass is 32.1. The minimum Gasteiger partial charge on any atom is -0.396 e. The van der Waals surface area contributed by atoms with Crippen LogP contribution in [0.4, 0.5) is 0 Å². The van der Waals surface area contributed by atoms with Crippen molar-refractivity contribution in [3.63, 3.8) is 0 Å². The summed E-state index contributed by atoms with van der Waals surface area (Å²) in [7, 11) is 0. The first kappa shape index (κ1) is 9.31. The van der Waals surface area contributed by atoms with Crippen LogP contribution in [0.15, 0.2) is 0 Å². The van der Waals surface area contributed by atoms with Gasteiger partial charge < -0.3 is 5.11 Å². The SMILES string of the molecule is CC(S)CCCCCO. The van der Waals surface area contributed by atoms with Crippen LogP contribution in [0.1, 0.15) is 32.6 Å². The molecule has 0 aromatic carbocycles. The maximum absolute atomic E-state index is 8.41. The van der Waals surface area contributed by atoms with Gasteiger partial charge in [0.15, 0.2) is 0 Å². The van der Waals surface area contributed by atoms with Crippen LogP contribution in [0.2, 0.25) is 0 Å². The first-order valence-electron chi connectivity index (χ1n) is 3.56. The third kappa shape index (κ3) is 8.31. The van der Waals surface area contributed by atoms with Crippen molar-refractivity contribution in [3.05, 3.63) is 0 Å². The zero-order valence-corrected chi connectivity index (χ0v) is 6.90. The lowest BCUT2D eigenvalue weighted by molar-refractivity contribution is 0.282. The van der Waals surface area contributed by atoms with Crippen LogP contribution in [0.5, 0.6) is 0 Å². The molecule has 56 valence electrons. The van der Waals surface area contributed by atoms with E-state index in [4.69, 9.17) is 5.11 Å². The predicted molar refractivity (Wildman–Crippen MR) is 44.0 cm³/mol. The Morgan fingerprint density at radius 3 is 2.44 bits per heavy atom. The number of aliphatic hydroxyl groups excluding tert-OH is 1. The molecule has 0 saturated carbocycles. The second-order valence-corrected chi connectivity index (χ2v) is 3.30. The molecule has 0 rings (SSSR count). The van der Waals surface area contributed by atoms with Crippen LogP contribution in [0.3, 0.4) is 0 Å². The van der Waals surface area contributed by atoms with E-state index in [-0.39, 0.29) is 0 Å². The molecule has 0 aromatic rings. The van der Waals surface area contributed by atoms with E-state index in [1.807, 2.05) is 0 Å². The monoisotopic (exact) mass is 148 g/mol. The van der Waals surface area contributed by atoms with Crippen LogP contribution in [0.25, 0.3) is 0 Å². The van der Waals surface area contributed by atoms with Crippen LogP contribution in [0, 0.1) is 0 Å². The molecule has 0 saturated heterocycles. The fourth-order valence-electron chi connectivity index (χ4n) is 0.728. The number of unbranched alkanes of at least 4 members (excludes halogenated alkanes) is 2. The first-order chi connectivity index (χ1) is 4.27. The van der Waals surface area contributed by atoms with Crippen LogP contribution in [-0.4, -0.2) is 17.0 Å². The molecular formula is C7H16OS. The Morgan fingerprint density at radius 2 is 2.00 bits per heavy atom. The number of aliphatic hydroxyl groups is 1. The summed E-state index contributed by atoms with van der Waals surface area (Å²) < 4.78 is 0. The molecule has 0 bridgehead atoms. The molecule has 0 heterocycles. The normalized spacial score (nSPS) is 13.7. The molecule has 0 aromatic heterocycles. The second kappa shape index (κ2) is 6.43. The van der Waals surface area contributed by atoms with E-state index >= 15 is 0 Å². The van der Waals surface area contributed by atoms with Gasteiger partial charge in [-0.25, -0.2) is 0 Å². The number of hydrogen-bond acceptors (Lipinski definition) is 2. The van der Waals surface area contributed by atoms with E-state index < -0.39 is 0 Å². The van der Waals surface area contributed by atoms with E-state index in [2.05, 4.69) is 19.6 Å². The smallest absolute Gasteiger partial charge is 0.0431 e. The molecule has 0 aliphatic rings. The largest absolute Gasteiger partial charge is 0.396 e. The van der Waals surface area contributed by atoms with E-state index in [0.29, 0.717) is 11.9 Å². The number of rotatable bonds is 5. The molecular weight excluding hydrogens is 132 g/mol. The van der Waals surface area contributed by atoms with Crippen LogP contribution >= 0.6 is 12.6 Å².